The number of hydrogen-bond acceptors (Lipinski definition) is 3. The summed E-state index contributed by atoms with van der Waals surface area (Å²) in [5, 5.41) is 3.25. The van der Waals surface area contributed by atoms with Crippen molar-refractivity contribution in [1.82, 2.24) is 19.8 Å². The van der Waals surface area contributed by atoms with E-state index in [4.69, 9.17) is 11.6 Å². The number of carbonyl (C=O) groups excluding carboxylic acids is 1. The molecule has 3 heterocycles. The first-order valence-electron chi connectivity index (χ1n) is 11.5. The number of fused-ring (bicyclic) bond motifs is 3. The molecule has 2 aromatic heterocycles. The summed E-state index contributed by atoms with van der Waals surface area (Å²) < 4.78 is 56.2. The molecule has 0 radical (unpaired) electrons. The third-order valence-corrected chi connectivity index (χ3v) is 6.56. The zero-order chi connectivity index (χ0) is 26.1. The van der Waals surface area contributed by atoms with Crippen LogP contribution in [0.25, 0.3) is 17.0 Å². The first-order chi connectivity index (χ1) is 17.8. The zero-order valence-corrected chi connectivity index (χ0v) is 20.2. The van der Waals surface area contributed by atoms with Gasteiger partial charge in [-0.15, -0.1) is 0 Å². The van der Waals surface area contributed by atoms with Gasteiger partial charge in [0.2, 0.25) is 5.95 Å². The van der Waals surface area contributed by atoms with Crippen molar-refractivity contribution >= 4 is 34.6 Å². The minimum Gasteiger partial charge on any atom is -0.333 e. The molecule has 10 heteroatoms. The fourth-order valence-corrected chi connectivity index (χ4v) is 4.77. The lowest BCUT2D eigenvalue weighted by Gasteiger charge is -2.27. The van der Waals surface area contributed by atoms with E-state index in [2.05, 4.69) is 15.2 Å². The number of benzene rings is 2. The van der Waals surface area contributed by atoms with E-state index >= 15 is 0 Å². The van der Waals surface area contributed by atoms with Crippen LogP contribution < -0.4 is 5.32 Å². The molecule has 0 spiro atoms. The molecule has 1 aliphatic rings. The number of carbonyl (C=O) groups is 1. The molecule has 0 fully saturated rings. The average molecular weight is 529 g/mol. The van der Waals surface area contributed by atoms with Crippen molar-refractivity contribution in [3.05, 3.63) is 106 Å². The lowest BCUT2D eigenvalue weighted by molar-refractivity contribution is 0.240. The second-order valence-electron chi connectivity index (χ2n) is 8.78. The maximum Gasteiger partial charge on any atom is 0.326 e. The highest BCUT2D eigenvalue weighted by Crippen LogP contribution is 2.34. The zero-order valence-electron chi connectivity index (χ0n) is 19.4. The summed E-state index contributed by atoms with van der Waals surface area (Å²) in [4.78, 5) is 18.8. The molecular formula is C27H21ClF4N4O. The van der Waals surface area contributed by atoms with Gasteiger partial charge in [-0.05, 0) is 53.1 Å². The number of hydrogen-bond donors (Lipinski definition) is 1. The average Bonchev–Trinajstić information content (AvgIpc) is 3.15. The second-order valence-corrected chi connectivity index (χ2v) is 9.19. The molecule has 0 unspecified atom stereocenters. The quantitative estimate of drug-likeness (QED) is 0.252. The largest absolute Gasteiger partial charge is 0.333 e. The number of halogens is 5. The van der Waals surface area contributed by atoms with Crippen molar-refractivity contribution in [3.8, 4) is 0 Å². The van der Waals surface area contributed by atoms with Crippen molar-refractivity contribution in [2.75, 3.05) is 13.1 Å². The molecule has 5 rings (SSSR count). The van der Waals surface area contributed by atoms with Crippen molar-refractivity contribution in [2.24, 2.45) is 0 Å². The Morgan fingerprint density at radius 3 is 2.62 bits per heavy atom. The van der Waals surface area contributed by atoms with Gasteiger partial charge in [0.15, 0.2) is 0 Å². The molecule has 190 valence electrons. The predicted octanol–water partition coefficient (Wildman–Crippen LogP) is 6.08. The van der Waals surface area contributed by atoms with Gasteiger partial charge in [-0.1, -0.05) is 23.8 Å². The Bertz CT molecular complexity index is 1510. The third-order valence-electron chi connectivity index (χ3n) is 6.27. The number of nitrogens with zero attached hydrogens (tertiary/aromatic N) is 3. The van der Waals surface area contributed by atoms with Crippen LogP contribution in [0.1, 0.15) is 22.4 Å². The maximum atomic E-state index is 14.4. The van der Waals surface area contributed by atoms with Gasteiger partial charge in [0, 0.05) is 55.9 Å². The molecule has 0 saturated heterocycles. The Hall–Kier alpha value is -3.69. The van der Waals surface area contributed by atoms with Gasteiger partial charge in [0.1, 0.15) is 17.5 Å². The van der Waals surface area contributed by atoms with Crippen LogP contribution in [0.3, 0.4) is 0 Å². The highest BCUT2D eigenvalue weighted by molar-refractivity contribution is 6.31. The van der Waals surface area contributed by atoms with Gasteiger partial charge < -0.3 is 5.32 Å². The van der Waals surface area contributed by atoms with E-state index in [-0.39, 0.29) is 11.6 Å². The Balaban J connectivity index is 1.40. The summed E-state index contributed by atoms with van der Waals surface area (Å²) in [7, 11) is 0. The van der Waals surface area contributed by atoms with E-state index in [1.54, 1.807) is 18.2 Å². The number of rotatable bonds is 5. The minimum atomic E-state index is -0.650. The second kappa shape index (κ2) is 10.4. The normalized spacial score (nSPS) is 13.9. The summed E-state index contributed by atoms with van der Waals surface area (Å²) >= 11 is 6.05. The summed E-state index contributed by atoms with van der Waals surface area (Å²) in [6.45, 7) is 1.61. The number of pyridine rings is 1. The molecule has 1 N–H and O–H groups in total. The lowest BCUT2D eigenvalue weighted by atomic mass is 10.0. The van der Waals surface area contributed by atoms with Crippen LogP contribution in [0.4, 0.5) is 22.4 Å². The first kappa shape index (κ1) is 25.0. The van der Waals surface area contributed by atoms with Gasteiger partial charge in [0.25, 0.3) is 0 Å². The molecule has 0 saturated carbocycles. The van der Waals surface area contributed by atoms with Crippen LogP contribution in [0.15, 0.2) is 54.7 Å². The van der Waals surface area contributed by atoms with Gasteiger partial charge in [0.05, 0.1) is 10.5 Å². The molecular weight excluding hydrogens is 508 g/mol. The van der Waals surface area contributed by atoms with E-state index in [9.17, 15) is 22.4 Å². The molecule has 4 aromatic rings. The molecule has 5 nitrogen and oxygen atoms in total. The molecule has 0 atom stereocenters. The van der Waals surface area contributed by atoms with E-state index in [1.807, 2.05) is 0 Å². The summed E-state index contributed by atoms with van der Waals surface area (Å²) in [6.07, 6.45) is 5.26. The lowest BCUT2D eigenvalue weighted by Crippen LogP contribution is -2.34. The van der Waals surface area contributed by atoms with Crippen molar-refractivity contribution in [3.63, 3.8) is 0 Å². The van der Waals surface area contributed by atoms with Crippen LogP contribution >= 0.6 is 11.6 Å². The van der Waals surface area contributed by atoms with Crippen molar-refractivity contribution in [1.29, 1.82) is 0 Å². The van der Waals surface area contributed by atoms with Crippen molar-refractivity contribution < 1.29 is 22.4 Å². The summed E-state index contributed by atoms with van der Waals surface area (Å²) in [5.41, 5.74) is 2.97. The fourth-order valence-electron chi connectivity index (χ4n) is 4.61. The SMILES string of the molecule is O=C(NCc1ccnc(F)c1)n1c2c(c3cc(F)c(Cl)cc31)CN(C/C=C/c1cc(F)cc(F)c1)CC2. The molecule has 1 amide bonds. The van der Waals surface area contributed by atoms with Crippen LogP contribution in [-0.2, 0) is 19.5 Å². The first-order valence-corrected chi connectivity index (χ1v) is 11.9. The predicted molar refractivity (Wildman–Crippen MR) is 133 cm³/mol. The van der Waals surface area contributed by atoms with Crippen LogP contribution in [0, 0.1) is 23.4 Å². The third kappa shape index (κ3) is 5.38. The van der Waals surface area contributed by atoms with Gasteiger partial charge >= 0.3 is 6.03 Å². The molecule has 0 bridgehead atoms. The number of nitrogens with one attached hydrogen (secondary N) is 1. The van der Waals surface area contributed by atoms with E-state index in [0.717, 1.165) is 17.3 Å². The van der Waals surface area contributed by atoms with E-state index in [0.29, 0.717) is 48.1 Å². The highest BCUT2D eigenvalue weighted by atomic mass is 35.5. The smallest absolute Gasteiger partial charge is 0.326 e. The van der Waals surface area contributed by atoms with Gasteiger partial charge in [-0.2, -0.15) is 4.39 Å². The van der Waals surface area contributed by atoms with Gasteiger partial charge in [-0.3, -0.25) is 9.47 Å². The number of aromatic nitrogens is 2. The Labute approximate surface area is 215 Å². The van der Waals surface area contributed by atoms with Crippen molar-refractivity contribution in [2.45, 2.75) is 19.5 Å². The molecule has 0 aliphatic carbocycles. The Morgan fingerprint density at radius 1 is 1.08 bits per heavy atom. The standard InChI is InChI=1S/C27H21ClF4N4O/c28-22-13-25-20(12-23(22)31)21-15-35(6-1-2-16-8-18(29)11-19(30)9-16)7-4-24(21)36(25)27(37)34-14-17-3-5-33-26(32)10-17/h1-3,5,8-13H,4,6-7,14-15H2,(H,34,37)/b2-1+. The Kier molecular flexibility index (Phi) is 6.99. The number of amides is 1. The molecule has 2 aromatic carbocycles. The monoisotopic (exact) mass is 528 g/mol. The summed E-state index contributed by atoms with van der Waals surface area (Å²) in [5.74, 6) is -2.53. The van der Waals surface area contributed by atoms with Gasteiger partial charge in [-0.25, -0.2) is 22.9 Å². The maximum absolute atomic E-state index is 14.4. The molecule has 1 aliphatic heterocycles. The Morgan fingerprint density at radius 2 is 1.86 bits per heavy atom. The topological polar surface area (TPSA) is 50.2 Å². The van der Waals surface area contributed by atoms with E-state index in [1.165, 1.54) is 41.1 Å². The fraction of sp³-hybridized carbons (Fsp3) is 0.185. The summed E-state index contributed by atoms with van der Waals surface area (Å²) in [6, 6.07) is 8.46. The minimum absolute atomic E-state index is 0.0826. The van der Waals surface area contributed by atoms with Crippen LogP contribution in [0.5, 0.6) is 0 Å². The van der Waals surface area contributed by atoms with Crippen LogP contribution in [-0.4, -0.2) is 33.6 Å². The van der Waals surface area contributed by atoms with E-state index < -0.39 is 29.4 Å². The highest BCUT2D eigenvalue weighted by Gasteiger charge is 2.27. The van der Waals surface area contributed by atoms with Crippen LogP contribution in [0.2, 0.25) is 5.02 Å². The molecule has 37 heavy (non-hydrogen) atoms.